The minimum absolute atomic E-state index is 0.0273. The largest absolute Gasteiger partial charge is 0.480 e. The van der Waals surface area contributed by atoms with Gasteiger partial charge >= 0.3 is 12.1 Å². The number of fused-ring (bicyclic) bond motifs is 3. The van der Waals surface area contributed by atoms with E-state index in [9.17, 15) is 19.5 Å². The first-order valence-electron chi connectivity index (χ1n) is 11.2. The van der Waals surface area contributed by atoms with Crippen molar-refractivity contribution in [2.45, 2.75) is 18.9 Å². The van der Waals surface area contributed by atoms with Gasteiger partial charge in [0.1, 0.15) is 12.6 Å². The number of rotatable bonds is 6. The molecule has 2 aromatic rings. The van der Waals surface area contributed by atoms with Gasteiger partial charge in [0.15, 0.2) is 0 Å². The Hall–Kier alpha value is -3.39. The van der Waals surface area contributed by atoms with E-state index in [1.54, 1.807) is 23.8 Å². The van der Waals surface area contributed by atoms with Crippen molar-refractivity contribution < 1.29 is 24.2 Å². The maximum atomic E-state index is 12.7. The topological polar surface area (TPSA) is 99.2 Å². The van der Waals surface area contributed by atoms with E-state index in [4.69, 9.17) is 4.74 Å². The molecule has 1 aliphatic heterocycles. The fourth-order valence-corrected chi connectivity index (χ4v) is 4.63. The van der Waals surface area contributed by atoms with Gasteiger partial charge in [-0.1, -0.05) is 55.5 Å². The molecule has 1 aliphatic carbocycles. The predicted octanol–water partition coefficient (Wildman–Crippen LogP) is 2.39. The Balaban J connectivity index is 1.29. The third-order valence-electron chi connectivity index (χ3n) is 6.56. The van der Waals surface area contributed by atoms with E-state index in [0.29, 0.717) is 13.1 Å². The maximum Gasteiger partial charge on any atom is 0.407 e. The zero-order valence-electron chi connectivity index (χ0n) is 18.9. The molecule has 1 saturated heterocycles. The van der Waals surface area contributed by atoms with Crippen molar-refractivity contribution in [1.29, 1.82) is 0 Å². The molecule has 0 bridgehead atoms. The first-order chi connectivity index (χ1) is 15.9. The SMILES string of the molecule is CC(CNC(=O)OCC1c2ccccc2-c2ccccc21)C(=O)N1CCN(C)C(C(=O)O)C1. The van der Waals surface area contributed by atoms with Crippen molar-refractivity contribution >= 4 is 18.0 Å². The van der Waals surface area contributed by atoms with E-state index in [2.05, 4.69) is 29.6 Å². The highest BCUT2D eigenvalue weighted by Crippen LogP contribution is 2.44. The van der Waals surface area contributed by atoms with Crippen molar-refractivity contribution in [3.05, 3.63) is 59.7 Å². The van der Waals surface area contributed by atoms with E-state index in [-0.39, 0.29) is 31.5 Å². The van der Waals surface area contributed by atoms with Crippen molar-refractivity contribution in [1.82, 2.24) is 15.1 Å². The third kappa shape index (κ3) is 4.71. The molecule has 8 heteroatoms. The van der Waals surface area contributed by atoms with Crippen LogP contribution in [0.4, 0.5) is 4.79 Å². The molecule has 1 fully saturated rings. The van der Waals surface area contributed by atoms with Gasteiger partial charge in [-0.2, -0.15) is 0 Å². The lowest BCUT2D eigenvalue weighted by Crippen LogP contribution is -2.57. The van der Waals surface area contributed by atoms with Gasteiger partial charge in [0.2, 0.25) is 5.91 Å². The van der Waals surface area contributed by atoms with Crippen molar-refractivity contribution in [3.8, 4) is 11.1 Å². The molecule has 174 valence electrons. The first kappa shape index (κ1) is 22.8. The predicted molar refractivity (Wildman–Crippen MR) is 123 cm³/mol. The second-order valence-corrected chi connectivity index (χ2v) is 8.73. The molecule has 8 nitrogen and oxygen atoms in total. The van der Waals surface area contributed by atoms with Crippen LogP contribution in [0.3, 0.4) is 0 Å². The normalized spacial score (nSPS) is 18.8. The number of carbonyl (C=O) groups is 3. The number of benzene rings is 2. The number of alkyl carbamates (subject to hydrolysis) is 1. The number of nitrogens with zero attached hydrogens (tertiary/aromatic N) is 2. The summed E-state index contributed by atoms with van der Waals surface area (Å²) in [5, 5.41) is 12.0. The molecule has 1 heterocycles. The quantitative estimate of drug-likeness (QED) is 0.700. The molecule has 2 unspecified atom stereocenters. The van der Waals surface area contributed by atoms with Crippen molar-refractivity contribution in [2.24, 2.45) is 5.92 Å². The third-order valence-corrected chi connectivity index (χ3v) is 6.56. The van der Waals surface area contributed by atoms with Crippen LogP contribution in [-0.4, -0.2) is 78.8 Å². The lowest BCUT2D eigenvalue weighted by molar-refractivity contribution is -0.148. The van der Waals surface area contributed by atoms with Crippen molar-refractivity contribution in [3.63, 3.8) is 0 Å². The van der Waals surface area contributed by atoms with Gasteiger partial charge < -0.3 is 20.1 Å². The molecule has 0 aromatic heterocycles. The number of aliphatic carboxylic acids is 1. The van der Waals surface area contributed by atoms with E-state index in [0.717, 1.165) is 22.3 Å². The second-order valence-electron chi connectivity index (χ2n) is 8.73. The Kier molecular flexibility index (Phi) is 6.65. The highest BCUT2D eigenvalue weighted by Gasteiger charge is 2.34. The van der Waals surface area contributed by atoms with Crippen LogP contribution >= 0.6 is 0 Å². The van der Waals surface area contributed by atoms with Gasteiger partial charge in [-0.15, -0.1) is 0 Å². The molecular formula is C25H29N3O5. The molecule has 2 aliphatic rings. The number of carboxylic acid groups (broad SMARTS) is 1. The number of carboxylic acids is 1. The van der Waals surface area contributed by atoms with Crippen LogP contribution in [0, 0.1) is 5.92 Å². The highest BCUT2D eigenvalue weighted by molar-refractivity contribution is 5.82. The molecule has 0 saturated carbocycles. The Labute approximate surface area is 193 Å². The molecule has 0 spiro atoms. The Bertz CT molecular complexity index is 1010. The van der Waals surface area contributed by atoms with Crippen LogP contribution in [0.2, 0.25) is 0 Å². The summed E-state index contributed by atoms with van der Waals surface area (Å²) in [7, 11) is 1.74. The lowest BCUT2D eigenvalue weighted by atomic mass is 9.98. The molecular weight excluding hydrogens is 422 g/mol. The number of amides is 2. The summed E-state index contributed by atoms with van der Waals surface area (Å²) in [5.74, 6) is -1.63. The molecule has 2 atom stereocenters. The van der Waals surface area contributed by atoms with Gasteiger partial charge in [-0.3, -0.25) is 14.5 Å². The average molecular weight is 452 g/mol. The zero-order valence-corrected chi connectivity index (χ0v) is 18.9. The molecule has 33 heavy (non-hydrogen) atoms. The summed E-state index contributed by atoms with van der Waals surface area (Å²) in [6, 6.07) is 15.5. The van der Waals surface area contributed by atoms with Crippen molar-refractivity contribution in [2.75, 3.05) is 39.8 Å². The van der Waals surface area contributed by atoms with Crippen LogP contribution in [0.15, 0.2) is 48.5 Å². The standard InChI is InChI=1S/C25H29N3O5/c1-16(23(29)28-12-11-27(2)22(14-28)24(30)31)13-26-25(32)33-15-21-19-9-5-3-7-17(19)18-8-4-6-10-20(18)21/h3-10,16,21-22H,11-15H2,1-2H3,(H,26,32)(H,30,31). The van der Waals surface area contributed by atoms with Crippen LogP contribution in [0.25, 0.3) is 11.1 Å². The smallest absolute Gasteiger partial charge is 0.407 e. The van der Waals surface area contributed by atoms with E-state index in [1.807, 2.05) is 24.3 Å². The minimum atomic E-state index is -0.945. The zero-order chi connectivity index (χ0) is 23.5. The Morgan fingerprint density at radius 3 is 2.27 bits per heavy atom. The van der Waals surface area contributed by atoms with E-state index in [1.165, 1.54) is 0 Å². The number of carbonyl (C=O) groups excluding carboxylic acids is 2. The number of likely N-dealkylation sites (N-methyl/N-ethyl adjacent to an activating group) is 1. The van der Waals surface area contributed by atoms with Gasteiger partial charge in [0.25, 0.3) is 0 Å². The summed E-state index contributed by atoms with van der Waals surface area (Å²) in [4.78, 5) is 39.8. The molecule has 2 amide bonds. The number of hydrogen-bond donors (Lipinski definition) is 2. The molecule has 2 aromatic carbocycles. The van der Waals surface area contributed by atoms with Gasteiger partial charge in [0.05, 0.1) is 5.92 Å². The average Bonchev–Trinajstić information content (AvgIpc) is 3.14. The van der Waals surface area contributed by atoms with Gasteiger partial charge in [0, 0.05) is 32.1 Å². The van der Waals surface area contributed by atoms with Crippen LogP contribution in [0.5, 0.6) is 0 Å². The maximum absolute atomic E-state index is 12.7. The molecule has 2 N–H and O–H groups in total. The number of nitrogens with one attached hydrogen (secondary N) is 1. The van der Waals surface area contributed by atoms with Gasteiger partial charge in [-0.25, -0.2) is 4.79 Å². The molecule has 0 radical (unpaired) electrons. The van der Waals surface area contributed by atoms with Gasteiger partial charge in [-0.05, 0) is 29.3 Å². The Morgan fingerprint density at radius 2 is 1.67 bits per heavy atom. The van der Waals surface area contributed by atoms with E-state index < -0.39 is 24.0 Å². The van der Waals surface area contributed by atoms with Crippen LogP contribution in [-0.2, 0) is 14.3 Å². The minimum Gasteiger partial charge on any atom is -0.480 e. The fourth-order valence-electron chi connectivity index (χ4n) is 4.63. The Morgan fingerprint density at radius 1 is 1.06 bits per heavy atom. The summed E-state index contributed by atoms with van der Waals surface area (Å²) in [5.41, 5.74) is 4.59. The monoisotopic (exact) mass is 451 g/mol. The van der Waals surface area contributed by atoms with Crippen LogP contribution in [0.1, 0.15) is 24.0 Å². The fraction of sp³-hybridized carbons (Fsp3) is 0.400. The number of ether oxygens (including phenoxy) is 1. The number of piperazine rings is 1. The summed E-state index contributed by atoms with van der Waals surface area (Å²) in [6.07, 6.45) is -0.571. The second kappa shape index (κ2) is 9.62. The lowest BCUT2D eigenvalue weighted by Gasteiger charge is -2.38. The van der Waals surface area contributed by atoms with E-state index >= 15 is 0 Å². The summed E-state index contributed by atoms with van der Waals surface area (Å²) < 4.78 is 5.52. The summed E-state index contributed by atoms with van der Waals surface area (Å²) >= 11 is 0. The summed E-state index contributed by atoms with van der Waals surface area (Å²) in [6.45, 7) is 3.16. The first-order valence-corrected chi connectivity index (χ1v) is 11.2. The molecule has 4 rings (SSSR count). The highest BCUT2D eigenvalue weighted by atomic mass is 16.5. The van der Waals surface area contributed by atoms with Crippen LogP contribution < -0.4 is 5.32 Å². The number of hydrogen-bond acceptors (Lipinski definition) is 5.